The Morgan fingerprint density at radius 2 is 1.25 bits per heavy atom. The summed E-state index contributed by atoms with van der Waals surface area (Å²) in [7, 11) is 0. The Balaban J connectivity index is 4.54. The van der Waals surface area contributed by atoms with Gasteiger partial charge in [0.1, 0.15) is 0 Å². The number of hydrogen-bond acceptors (Lipinski definition) is 0. The number of unbranched alkanes of at least 4 members (excludes halogenated alkanes) is 1. The van der Waals surface area contributed by atoms with Crippen molar-refractivity contribution in [3.05, 3.63) is 0 Å². The van der Waals surface area contributed by atoms with Gasteiger partial charge in [0.25, 0.3) is 0 Å². The highest BCUT2D eigenvalue weighted by Crippen LogP contribution is 2.36. The molecule has 0 aromatic heterocycles. The maximum Gasteiger partial charge on any atom is -0.0335 e. The van der Waals surface area contributed by atoms with Gasteiger partial charge in [0.05, 0.1) is 0 Å². The second-order valence-corrected chi connectivity index (χ2v) is 5.66. The normalized spacial score (nSPS) is 19.1. The fraction of sp³-hybridized carbons (Fsp3) is 1.00. The molecule has 0 N–H and O–H groups in total. The van der Waals surface area contributed by atoms with E-state index in [0.717, 1.165) is 23.7 Å². The van der Waals surface area contributed by atoms with E-state index in [1.807, 2.05) is 0 Å². The standard InChI is InChI=1S/C16H34/c1-7-11-12-15(10-4)16(13(5)8-2)14(6)9-3/h13-16H,7-12H2,1-6H3. The zero-order valence-electron chi connectivity index (χ0n) is 12.6. The molecule has 0 nitrogen and oxygen atoms in total. The lowest BCUT2D eigenvalue weighted by Gasteiger charge is -2.35. The van der Waals surface area contributed by atoms with Gasteiger partial charge in [-0.2, -0.15) is 0 Å². The van der Waals surface area contributed by atoms with Crippen LogP contribution >= 0.6 is 0 Å². The summed E-state index contributed by atoms with van der Waals surface area (Å²) in [5.41, 5.74) is 0. The molecule has 0 amide bonds. The van der Waals surface area contributed by atoms with Crippen molar-refractivity contribution in [1.82, 2.24) is 0 Å². The fourth-order valence-corrected chi connectivity index (χ4v) is 3.17. The lowest BCUT2D eigenvalue weighted by Crippen LogP contribution is -2.27. The lowest BCUT2D eigenvalue weighted by molar-refractivity contribution is 0.142. The molecule has 0 saturated heterocycles. The van der Waals surface area contributed by atoms with E-state index in [4.69, 9.17) is 0 Å². The average molecular weight is 226 g/mol. The van der Waals surface area contributed by atoms with Crippen molar-refractivity contribution >= 4 is 0 Å². The van der Waals surface area contributed by atoms with Crippen molar-refractivity contribution in [2.45, 2.75) is 80.1 Å². The Labute approximate surface area is 104 Å². The van der Waals surface area contributed by atoms with Crippen LogP contribution in [-0.4, -0.2) is 0 Å². The van der Waals surface area contributed by atoms with E-state index in [2.05, 4.69) is 41.5 Å². The topological polar surface area (TPSA) is 0 Å². The second-order valence-electron chi connectivity index (χ2n) is 5.66. The minimum absolute atomic E-state index is 0.900. The zero-order chi connectivity index (χ0) is 12.6. The number of hydrogen-bond donors (Lipinski definition) is 0. The van der Waals surface area contributed by atoms with E-state index in [1.54, 1.807) is 0 Å². The van der Waals surface area contributed by atoms with Crippen LogP contribution in [0.15, 0.2) is 0 Å². The molecule has 0 aromatic rings. The molecule has 0 aliphatic heterocycles. The van der Waals surface area contributed by atoms with Crippen molar-refractivity contribution < 1.29 is 0 Å². The molecule has 0 rings (SSSR count). The largest absolute Gasteiger partial charge is 0.0654 e. The van der Waals surface area contributed by atoms with Gasteiger partial charge in [-0.05, 0) is 23.7 Å². The van der Waals surface area contributed by atoms with Crippen LogP contribution in [0.3, 0.4) is 0 Å². The van der Waals surface area contributed by atoms with Crippen LogP contribution in [0.25, 0.3) is 0 Å². The van der Waals surface area contributed by atoms with Gasteiger partial charge < -0.3 is 0 Å². The first-order valence-electron chi connectivity index (χ1n) is 7.62. The third-order valence-corrected chi connectivity index (χ3v) is 4.60. The molecule has 0 aromatic carbocycles. The average Bonchev–Trinajstić information content (AvgIpc) is 2.32. The van der Waals surface area contributed by atoms with Crippen molar-refractivity contribution in [3.63, 3.8) is 0 Å². The van der Waals surface area contributed by atoms with Crippen LogP contribution < -0.4 is 0 Å². The summed E-state index contributed by atoms with van der Waals surface area (Å²) >= 11 is 0. The molecule has 0 aliphatic rings. The summed E-state index contributed by atoms with van der Waals surface area (Å²) in [6.45, 7) is 14.3. The Morgan fingerprint density at radius 3 is 1.56 bits per heavy atom. The van der Waals surface area contributed by atoms with Crippen LogP contribution in [0.2, 0.25) is 0 Å². The number of rotatable bonds is 9. The molecule has 3 atom stereocenters. The predicted octanol–water partition coefficient (Wildman–Crippen LogP) is 5.91. The first kappa shape index (κ1) is 16.0. The van der Waals surface area contributed by atoms with E-state index in [9.17, 15) is 0 Å². The van der Waals surface area contributed by atoms with Gasteiger partial charge in [-0.15, -0.1) is 0 Å². The molecule has 16 heavy (non-hydrogen) atoms. The van der Waals surface area contributed by atoms with Gasteiger partial charge in [0.2, 0.25) is 0 Å². The van der Waals surface area contributed by atoms with E-state index >= 15 is 0 Å². The first-order chi connectivity index (χ1) is 7.62. The molecular formula is C16H34. The minimum Gasteiger partial charge on any atom is -0.0654 e. The highest BCUT2D eigenvalue weighted by Gasteiger charge is 2.28. The molecule has 3 unspecified atom stereocenters. The smallest absolute Gasteiger partial charge is 0.0335 e. The van der Waals surface area contributed by atoms with Crippen molar-refractivity contribution in [3.8, 4) is 0 Å². The van der Waals surface area contributed by atoms with Crippen LogP contribution in [-0.2, 0) is 0 Å². The molecule has 0 saturated carbocycles. The summed E-state index contributed by atoms with van der Waals surface area (Å²) in [4.78, 5) is 0. The van der Waals surface area contributed by atoms with E-state index in [-0.39, 0.29) is 0 Å². The highest BCUT2D eigenvalue weighted by atomic mass is 14.3. The summed E-state index contributed by atoms with van der Waals surface area (Å²) in [5.74, 6) is 3.71. The molecule has 0 spiro atoms. The summed E-state index contributed by atoms with van der Waals surface area (Å²) in [6, 6.07) is 0. The molecule has 0 heterocycles. The quantitative estimate of drug-likeness (QED) is 0.458. The van der Waals surface area contributed by atoms with E-state index < -0.39 is 0 Å². The zero-order valence-corrected chi connectivity index (χ0v) is 12.6. The molecule has 0 aliphatic carbocycles. The van der Waals surface area contributed by atoms with E-state index in [0.29, 0.717) is 0 Å². The van der Waals surface area contributed by atoms with Gasteiger partial charge in [-0.1, -0.05) is 80.1 Å². The predicted molar refractivity (Wildman–Crippen MR) is 75.7 cm³/mol. The van der Waals surface area contributed by atoms with Gasteiger partial charge >= 0.3 is 0 Å². The third kappa shape index (κ3) is 4.89. The molecular weight excluding hydrogens is 192 g/mol. The Kier molecular flexibility index (Phi) is 9.07. The highest BCUT2D eigenvalue weighted by molar-refractivity contribution is 4.77. The van der Waals surface area contributed by atoms with Crippen molar-refractivity contribution in [1.29, 1.82) is 0 Å². The summed E-state index contributed by atoms with van der Waals surface area (Å²) in [6.07, 6.45) is 8.28. The maximum atomic E-state index is 2.46. The van der Waals surface area contributed by atoms with Crippen molar-refractivity contribution in [2.24, 2.45) is 23.7 Å². The molecule has 0 heteroatoms. The van der Waals surface area contributed by atoms with Crippen LogP contribution in [0.5, 0.6) is 0 Å². The Morgan fingerprint density at radius 1 is 0.750 bits per heavy atom. The summed E-state index contributed by atoms with van der Waals surface area (Å²) in [5, 5.41) is 0. The third-order valence-electron chi connectivity index (χ3n) is 4.60. The maximum absolute atomic E-state index is 2.46. The van der Waals surface area contributed by atoms with Crippen LogP contribution in [0.4, 0.5) is 0 Å². The SMILES string of the molecule is CCCCC(CC)C(C(C)CC)C(C)CC. The molecule has 0 radical (unpaired) electrons. The monoisotopic (exact) mass is 226 g/mol. The molecule has 0 fully saturated rings. The Hall–Kier alpha value is 0. The molecule has 98 valence electrons. The summed E-state index contributed by atoms with van der Waals surface area (Å²) < 4.78 is 0. The first-order valence-corrected chi connectivity index (χ1v) is 7.62. The fourth-order valence-electron chi connectivity index (χ4n) is 3.17. The van der Waals surface area contributed by atoms with Gasteiger partial charge in [-0.25, -0.2) is 0 Å². The van der Waals surface area contributed by atoms with E-state index in [1.165, 1.54) is 38.5 Å². The van der Waals surface area contributed by atoms with Crippen LogP contribution in [0.1, 0.15) is 80.1 Å². The van der Waals surface area contributed by atoms with Gasteiger partial charge in [0, 0.05) is 0 Å². The van der Waals surface area contributed by atoms with Crippen molar-refractivity contribution in [2.75, 3.05) is 0 Å². The molecule has 0 bridgehead atoms. The lowest BCUT2D eigenvalue weighted by atomic mass is 9.70. The van der Waals surface area contributed by atoms with Gasteiger partial charge in [-0.3, -0.25) is 0 Å². The van der Waals surface area contributed by atoms with Gasteiger partial charge in [0.15, 0.2) is 0 Å². The second kappa shape index (κ2) is 9.07. The Bertz CT molecular complexity index is 140. The minimum atomic E-state index is 0.900. The van der Waals surface area contributed by atoms with Crippen LogP contribution in [0, 0.1) is 23.7 Å².